The van der Waals surface area contributed by atoms with Gasteiger partial charge >= 0.3 is 0 Å². The predicted molar refractivity (Wildman–Crippen MR) is 79.6 cm³/mol. The molecule has 7 heteroatoms. The number of hydrogen-bond donors (Lipinski definition) is 0. The van der Waals surface area contributed by atoms with E-state index in [2.05, 4.69) is 0 Å². The third-order valence-corrected chi connectivity index (χ3v) is 2.91. The number of benzene rings is 2. The van der Waals surface area contributed by atoms with Gasteiger partial charge in [0.2, 0.25) is 0 Å². The molecule has 2 aromatic rings. The Morgan fingerprint density at radius 1 is 0.909 bits per heavy atom. The average molecular weight is 298 g/mol. The number of hydrogen-bond acceptors (Lipinski definition) is 5. The average Bonchev–Trinajstić information content (AvgIpc) is 2.52. The lowest BCUT2D eigenvalue weighted by molar-refractivity contribution is -0.385. The summed E-state index contributed by atoms with van der Waals surface area (Å²) in [5, 5.41) is 21.4. The molecule has 0 bridgehead atoms. The van der Waals surface area contributed by atoms with Crippen LogP contribution < -0.4 is 0 Å². The Hall–Kier alpha value is -3.35. The zero-order chi connectivity index (χ0) is 16.1. The lowest BCUT2D eigenvalue weighted by atomic mass is 10.1. The number of nitro groups is 2. The van der Waals surface area contributed by atoms with Crippen LogP contribution in [-0.4, -0.2) is 15.6 Å². The van der Waals surface area contributed by atoms with Gasteiger partial charge in [-0.1, -0.05) is 12.1 Å². The number of non-ortho nitro benzene ring substituents is 1. The Kier molecular flexibility index (Phi) is 4.38. The van der Waals surface area contributed by atoms with Crippen LogP contribution in [-0.2, 0) is 0 Å². The summed E-state index contributed by atoms with van der Waals surface area (Å²) in [6.45, 7) is 0. The van der Waals surface area contributed by atoms with E-state index in [4.69, 9.17) is 0 Å². The predicted octanol–water partition coefficient (Wildman–Crippen LogP) is 3.40. The lowest BCUT2D eigenvalue weighted by Crippen LogP contribution is -1.96. The van der Waals surface area contributed by atoms with Crippen molar-refractivity contribution in [3.63, 3.8) is 0 Å². The number of nitrogens with zero attached hydrogens (tertiary/aromatic N) is 2. The van der Waals surface area contributed by atoms with Gasteiger partial charge in [0, 0.05) is 23.8 Å². The molecular formula is C15H10N2O5. The third-order valence-electron chi connectivity index (χ3n) is 2.91. The maximum atomic E-state index is 12.0. The van der Waals surface area contributed by atoms with Crippen LogP contribution in [0.1, 0.15) is 15.9 Å². The van der Waals surface area contributed by atoms with Crippen molar-refractivity contribution in [2.24, 2.45) is 0 Å². The Morgan fingerprint density at radius 3 is 2.14 bits per heavy atom. The normalized spacial score (nSPS) is 10.5. The van der Waals surface area contributed by atoms with Gasteiger partial charge in [-0.2, -0.15) is 0 Å². The third kappa shape index (κ3) is 3.40. The molecule has 2 aromatic carbocycles. The van der Waals surface area contributed by atoms with E-state index >= 15 is 0 Å². The van der Waals surface area contributed by atoms with Crippen molar-refractivity contribution in [1.82, 2.24) is 0 Å². The Morgan fingerprint density at radius 2 is 1.55 bits per heavy atom. The molecule has 0 aliphatic heterocycles. The van der Waals surface area contributed by atoms with E-state index in [1.165, 1.54) is 54.6 Å². The molecule has 0 N–H and O–H groups in total. The highest BCUT2D eigenvalue weighted by Gasteiger charge is 2.11. The van der Waals surface area contributed by atoms with Crippen LogP contribution in [0.3, 0.4) is 0 Å². The molecule has 0 amide bonds. The first-order chi connectivity index (χ1) is 10.5. The monoisotopic (exact) mass is 298 g/mol. The maximum Gasteiger partial charge on any atom is 0.276 e. The summed E-state index contributed by atoms with van der Waals surface area (Å²) in [5.74, 6) is -0.395. The van der Waals surface area contributed by atoms with Crippen molar-refractivity contribution in [1.29, 1.82) is 0 Å². The molecule has 0 spiro atoms. The highest BCUT2D eigenvalue weighted by Crippen LogP contribution is 2.19. The second kappa shape index (κ2) is 6.40. The molecular weight excluding hydrogens is 288 g/mol. The van der Waals surface area contributed by atoms with E-state index in [9.17, 15) is 25.0 Å². The van der Waals surface area contributed by atoms with Crippen LogP contribution in [0, 0.1) is 20.2 Å². The quantitative estimate of drug-likeness (QED) is 0.364. The van der Waals surface area contributed by atoms with Crippen molar-refractivity contribution < 1.29 is 14.6 Å². The molecule has 7 nitrogen and oxygen atoms in total. The topological polar surface area (TPSA) is 103 Å². The Bertz CT molecular complexity index is 766. The van der Waals surface area contributed by atoms with E-state index < -0.39 is 15.6 Å². The van der Waals surface area contributed by atoms with E-state index in [0.29, 0.717) is 5.56 Å². The highest BCUT2D eigenvalue weighted by atomic mass is 16.6. The molecule has 0 unspecified atom stereocenters. The minimum absolute atomic E-state index is 0.102. The number of allylic oxidation sites excluding steroid dienone is 1. The fourth-order valence-corrected chi connectivity index (χ4v) is 1.80. The van der Waals surface area contributed by atoms with Gasteiger partial charge in [0.1, 0.15) is 0 Å². The van der Waals surface area contributed by atoms with Gasteiger partial charge in [0.25, 0.3) is 11.4 Å². The minimum Gasteiger partial charge on any atom is -0.289 e. The van der Waals surface area contributed by atoms with Crippen molar-refractivity contribution >= 4 is 23.2 Å². The van der Waals surface area contributed by atoms with E-state index in [-0.39, 0.29) is 16.9 Å². The largest absolute Gasteiger partial charge is 0.289 e. The molecule has 0 saturated heterocycles. The van der Waals surface area contributed by atoms with Crippen LogP contribution in [0.2, 0.25) is 0 Å². The molecule has 110 valence electrons. The summed E-state index contributed by atoms with van der Waals surface area (Å²) in [4.78, 5) is 32.3. The maximum absolute atomic E-state index is 12.0. The van der Waals surface area contributed by atoms with E-state index in [1.54, 1.807) is 6.07 Å². The Balaban J connectivity index is 2.21. The molecule has 0 aliphatic rings. The summed E-state index contributed by atoms with van der Waals surface area (Å²) in [6, 6.07) is 11.2. The van der Waals surface area contributed by atoms with Gasteiger partial charge in [-0.05, 0) is 30.4 Å². The van der Waals surface area contributed by atoms with Crippen LogP contribution >= 0.6 is 0 Å². The first-order valence-corrected chi connectivity index (χ1v) is 6.19. The summed E-state index contributed by atoms with van der Waals surface area (Å²) >= 11 is 0. The van der Waals surface area contributed by atoms with Crippen molar-refractivity contribution in [2.75, 3.05) is 0 Å². The number of nitro benzene ring substituents is 2. The van der Waals surface area contributed by atoms with Crippen LogP contribution in [0.15, 0.2) is 54.6 Å². The minimum atomic E-state index is -0.558. The molecule has 0 atom stereocenters. The molecule has 0 aromatic heterocycles. The SMILES string of the molecule is O=C(/C=C/c1ccccc1[N+](=O)[O-])c1ccc([N+](=O)[O-])cc1. The van der Waals surface area contributed by atoms with E-state index in [0.717, 1.165) is 0 Å². The highest BCUT2D eigenvalue weighted by molar-refractivity contribution is 6.07. The fraction of sp³-hybridized carbons (Fsp3) is 0. The molecule has 2 rings (SSSR count). The van der Waals surface area contributed by atoms with Gasteiger partial charge in [0.15, 0.2) is 5.78 Å². The summed E-state index contributed by atoms with van der Waals surface area (Å²) in [7, 11) is 0. The number of carbonyl (C=O) groups is 1. The smallest absolute Gasteiger partial charge is 0.276 e. The van der Waals surface area contributed by atoms with Gasteiger partial charge in [0.05, 0.1) is 15.4 Å². The van der Waals surface area contributed by atoms with Crippen molar-refractivity contribution in [3.8, 4) is 0 Å². The lowest BCUT2D eigenvalue weighted by Gasteiger charge is -1.97. The van der Waals surface area contributed by atoms with Crippen molar-refractivity contribution in [3.05, 3.63) is 86.0 Å². The zero-order valence-corrected chi connectivity index (χ0v) is 11.2. The second-order valence-corrected chi connectivity index (χ2v) is 4.32. The zero-order valence-electron chi connectivity index (χ0n) is 11.2. The first kappa shape index (κ1) is 15.0. The van der Waals surface area contributed by atoms with E-state index in [1.807, 2.05) is 0 Å². The van der Waals surface area contributed by atoms with Gasteiger partial charge < -0.3 is 0 Å². The molecule has 0 fully saturated rings. The summed E-state index contributed by atoms with van der Waals surface area (Å²) < 4.78 is 0. The molecule has 22 heavy (non-hydrogen) atoms. The number of rotatable bonds is 5. The summed E-state index contributed by atoms with van der Waals surface area (Å²) in [5.41, 5.74) is 0.359. The van der Waals surface area contributed by atoms with Crippen LogP contribution in [0.5, 0.6) is 0 Å². The van der Waals surface area contributed by atoms with Gasteiger partial charge in [-0.15, -0.1) is 0 Å². The first-order valence-electron chi connectivity index (χ1n) is 6.19. The van der Waals surface area contributed by atoms with Gasteiger partial charge in [-0.25, -0.2) is 0 Å². The van der Waals surface area contributed by atoms with Crippen LogP contribution in [0.4, 0.5) is 11.4 Å². The molecule has 0 saturated carbocycles. The fourth-order valence-electron chi connectivity index (χ4n) is 1.80. The number of carbonyl (C=O) groups excluding carboxylic acids is 1. The van der Waals surface area contributed by atoms with Crippen molar-refractivity contribution in [2.45, 2.75) is 0 Å². The van der Waals surface area contributed by atoms with Crippen LogP contribution in [0.25, 0.3) is 6.08 Å². The van der Waals surface area contributed by atoms with Gasteiger partial charge in [-0.3, -0.25) is 25.0 Å². The Labute approximate surface area is 124 Å². The summed E-state index contributed by atoms with van der Waals surface area (Å²) in [6.07, 6.45) is 2.55. The molecule has 0 radical (unpaired) electrons. The molecule has 0 heterocycles. The second-order valence-electron chi connectivity index (χ2n) is 4.32. The number of para-hydroxylation sites is 1. The standard InChI is InChI=1S/C15H10N2O5/c18-15(12-5-8-13(9-6-12)16(19)20)10-7-11-3-1-2-4-14(11)17(21)22/h1-10H/b10-7+. The molecule has 0 aliphatic carbocycles. The number of ketones is 1.